The van der Waals surface area contributed by atoms with Gasteiger partial charge in [0.2, 0.25) is 11.8 Å². The van der Waals surface area contributed by atoms with Gasteiger partial charge in [-0.3, -0.25) is 19.3 Å². The van der Waals surface area contributed by atoms with Crippen molar-refractivity contribution in [1.29, 1.82) is 0 Å². The van der Waals surface area contributed by atoms with E-state index in [0.717, 1.165) is 32.7 Å². The maximum Gasteiger partial charge on any atom is 0.329 e. The number of hydrogen-bond donors (Lipinski definition) is 1. The molecule has 3 amide bonds. The number of benzene rings is 3. The molecule has 3 atom stereocenters. The van der Waals surface area contributed by atoms with Crippen LogP contribution in [0.1, 0.15) is 59.9 Å². The number of ether oxygens (including phenoxy) is 1. The molecule has 7 rings (SSSR count). The summed E-state index contributed by atoms with van der Waals surface area (Å²) in [5.41, 5.74) is 5.61. The summed E-state index contributed by atoms with van der Waals surface area (Å²) in [4.78, 5) is 55.5. The zero-order valence-corrected chi connectivity index (χ0v) is 23.9. The predicted octanol–water partition coefficient (Wildman–Crippen LogP) is 5.44. The Hall–Kier alpha value is -3.97. The van der Waals surface area contributed by atoms with Crippen LogP contribution in [0, 0.1) is 24.7 Å². The average Bonchev–Trinajstić information content (AvgIpc) is 3.22. The van der Waals surface area contributed by atoms with Crippen LogP contribution >= 0.6 is 11.6 Å². The SMILES string of the molecule is Cc1ccc(NC(=O)COC(=O)[C@H](CC(C)C)N2C(=O)[C@H]3C4c5ccccc5C(c5ccccc54)[C@@H]3C2=O)cc1Cl. The minimum Gasteiger partial charge on any atom is -0.454 e. The molecule has 210 valence electrons. The largest absolute Gasteiger partial charge is 0.454 e. The lowest BCUT2D eigenvalue weighted by molar-refractivity contribution is -0.160. The van der Waals surface area contributed by atoms with Gasteiger partial charge in [-0.25, -0.2) is 4.79 Å². The number of imide groups is 1. The van der Waals surface area contributed by atoms with Crippen molar-refractivity contribution in [2.75, 3.05) is 11.9 Å². The van der Waals surface area contributed by atoms with Crippen molar-refractivity contribution in [3.63, 3.8) is 0 Å². The standard InChI is InChI=1S/C33H31ClN2O5/c1-17(2)14-25(33(40)41-16-26(37)35-19-13-12-18(3)24(34)15-19)36-31(38)29-27-20-8-4-5-9-21(20)28(30(29)32(36)39)23-11-7-6-10-22(23)27/h4-13,15,17,25,27-30H,14,16H2,1-3H3,(H,35,37)/t25-,27?,28?,29-,30-/m0/s1. The van der Waals surface area contributed by atoms with Crippen molar-refractivity contribution in [3.8, 4) is 0 Å². The topological polar surface area (TPSA) is 92.8 Å². The highest BCUT2D eigenvalue weighted by Gasteiger charge is 2.63. The summed E-state index contributed by atoms with van der Waals surface area (Å²) >= 11 is 6.14. The first kappa shape index (κ1) is 27.2. The van der Waals surface area contributed by atoms with Gasteiger partial charge < -0.3 is 10.1 Å². The highest BCUT2D eigenvalue weighted by molar-refractivity contribution is 6.31. The van der Waals surface area contributed by atoms with Crippen molar-refractivity contribution >= 4 is 41.0 Å². The maximum absolute atomic E-state index is 14.1. The van der Waals surface area contributed by atoms with E-state index in [1.54, 1.807) is 18.2 Å². The molecule has 1 heterocycles. The van der Waals surface area contributed by atoms with E-state index in [1.807, 2.05) is 69.3 Å². The van der Waals surface area contributed by atoms with Gasteiger partial charge in [0.05, 0.1) is 11.8 Å². The van der Waals surface area contributed by atoms with Gasteiger partial charge in [0, 0.05) is 22.5 Å². The highest BCUT2D eigenvalue weighted by Crippen LogP contribution is 2.61. The summed E-state index contributed by atoms with van der Waals surface area (Å²) in [6.07, 6.45) is 0.236. The Bertz CT molecular complexity index is 1470. The van der Waals surface area contributed by atoms with Crippen molar-refractivity contribution in [3.05, 3.63) is 99.6 Å². The average molecular weight is 571 g/mol. The first-order chi connectivity index (χ1) is 19.7. The van der Waals surface area contributed by atoms with E-state index >= 15 is 0 Å². The molecule has 1 saturated heterocycles. The van der Waals surface area contributed by atoms with Crippen molar-refractivity contribution in [1.82, 2.24) is 4.90 Å². The molecule has 41 heavy (non-hydrogen) atoms. The number of anilines is 1. The molecular weight excluding hydrogens is 540 g/mol. The molecule has 0 aromatic heterocycles. The van der Waals surface area contributed by atoms with Gasteiger partial charge in [-0.15, -0.1) is 0 Å². The number of carbonyl (C=O) groups is 4. The van der Waals surface area contributed by atoms with Crippen molar-refractivity contribution in [2.45, 2.75) is 45.1 Å². The molecule has 3 aromatic rings. The van der Waals surface area contributed by atoms with E-state index in [2.05, 4.69) is 5.32 Å². The molecule has 8 heteroatoms. The lowest BCUT2D eigenvalue weighted by Gasteiger charge is -2.45. The summed E-state index contributed by atoms with van der Waals surface area (Å²) < 4.78 is 5.42. The van der Waals surface area contributed by atoms with E-state index < -0.39 is 36.4 Å². The first-order valence-corrected chi connectivity index (χ1v) is 14.3. The van der Waals surface area contributed by atoms with E-state index in [9.17, 15) is 19.2 Å². The number of nitrogens with one attached hydrogen (secondary N) is 1. The third kappa shape index (κ3) is 4.52. The first-order valence-electron chi connectivity index (χ1n) is 13.9. The number of rotatable bonds is 7. The molecule has 0 radical (unpaired) electrons. The van der Waals surface area contributed by atoms with E-state index in [1.165, 1.54) is 0 Å². The van der Waals surface area contributed by atoms with Crippen LogP contribution in [-0.2, 0) is 23.9 Å². The fraction of sp³-hybridized carbons (Fsp3) is 0.333. The maximum atomic E-state index is 14.1. The minimum atomic E-state index is -1.12. The summed E-state index contributed by atoms with van der Waals surface area (Å²) in [6.45, 7) is 5.14. The molecule has 1 fully saturated rings. The second-order valence-corrected chi connectivity index (χ2v) is 12.0. The number of nitrogens with zero attached hydrogens (tertiary/aromatic N) is 1. The molecule has 3 aliphatic carbocycles. The Balaban J connectivity index is 1.26. The zero-order valence-electron chi connectivity index (χ0n) is 23.1. The van der Waals surface area contributed by atoms with Gasteiger partial charge in [0.15, 0.2) is 6.61 Å². The molecule has 1 aliphatic heterocycles. The fourth-order valence-electron chi connectivity index (χ4n) is 6.86. The molecule has 2 bridgehead atoms. The van der Waals surface area contributed by atoms with Crippen LogP contribution in [0.4, 0.5) is 5.69 Å². The molecule has 7 nitrogen and oxygen atoms in total. The van der Waals surface area contributed by atoms with Crippen LogP contribution in [-0.4, -0.2) is 41.2 Å². The summed E-state index contributed by atoms with van der Waals surface area (Å²) in [5, 5.41) is 3.17. The van der Waals surface area contributed by atoms with E-state index in [0.29, 0.717) is 10.7 Å². The third-order valence-corrected chi connectivity index (χ3v) is 8.97. The minimum absolute atomic E-state index is 0.00887. The molecule has 0 saturated carbocycles. The second kappa shape index (κ2) is 10.5. The second-order valence-electron chi connectivity index (χ2n) is 11.6. The summed E-state index contributed by atoms with van der Waals surface area (Å²) in [6, 6.07) is 20.0. The zero-order chi connectivity index (χ0) is 29.0. The monoisotopic (exact) mass is 570 g/mol. The summed E-state index contributed by atoms with van der Waals surface area (Å²) in [5.74, 6) is -3.71. The number of carbonyl (C=O) groups excluding carboxylic acids is 4. The lowest BCUT2D eigenvalue weighted by atomic mass is 9.55. The van der Waals surface area contributed by atoms with Crippen LogP contribution in [0.3, 0.4) is 0 Å². The van der Waals surface area contributed by atoms with Crippen molar-refractivity contribution in [2.24, 2.45) is 17.8 Å². The normalized spacial score (nSPS) is 22.7. The van der Waals surface area contributed by atoms with E-state index in [-0.39, 0.29) is 36.0 Å². The summed E-state index contributed by atoms with van der Waals surface area (Å²) in [7, 11) is 0. The highest BCUT2D eigenvalue weighted by atomic mass is 35.5. The molecule has 1 N–H and O–H groups in total. The molecular formula is C33H31ClN2O5. The van der Waals surface area contributed by atoms with Gasteiger partial charge in [-0.05, 0) is 59.2 Å². The van der Waals surface area contributed by atoms with Crippen molar-refractivity contribution < 1.29 is 23.9 Å². The van der Waals surface area contributed by atoms with Crippen LogP contribution in [0.5, 0.6) is 0 Å². The Labute approximate surface area is 243 Å². The Morgan fingerprint density at radius 2 is 1.39 bits per heavy atom. The molecule has 3 aromatic carbocycles. The van der Waals surface area contributed by atoms with Gasteiger partial charge >= 0.3 is 5.97 Å². The number of likely N-dealkylation sites (tertiary alicyclic amines) is 1. The fourth-order valence-corrected chi connectivity index (χ4v) is 7.04. The Morgan fingerprint density at radius 1 is 0.878 bits per heavy atom. The van der Waals surface area contributed by atoms with Crippen LogP contribution in [0.25, 0.3) is 0 Å². The molecule has 0 spiro atoms. The number of halogens is 1. The number of esters is 1. The van der Waals surface area contributed by atoms with Gasteiger partial charge in [-0.1, -0.05) is 80.0 Å². The number of amides is 3. The lowest BCUT2D eigenvalue weighted by Crippen LogP contribution is -2.47. The van der Waals surface area contributed by atoms with Crippen LogP contribution in [0.2, 0.25) is 5.02 Å². The van der Waals surface area contributed by atoms with Gasteiger partial charge in [0.25, 0.3) is 5.91 Å². The Morgan fingerprint density at radius 3 is 1.85 bits per heavy atom. The quantitative estimate of drug-likeness (QED) is 0.302. The van der Waals surface area contributed by atoms with Gasteiger partial charge in [0.1, 0.15) is 6.04 Å². The third-order valence-electron chi connectivity index (χ3n) is 8.56. The molecule has 4 aliphatic rings. The van der Waals surface area contributed by atoms with E-state index in [4.69, 9.17) is 16.3 Å². The van der Waals surface area contributed by atoms with Crippen LogP contribution < -0.4 is 5.32 Å². The Kier molecular flexibility index (Phi) is 6.94. The number of aryl methyl sites for hydroxylation is 1. The van der Waals surface area contributed by atoms with Gasteiger partial charge in [-0.2, -0.15) is 0 Å². The smallest absolute Gasteiger partial charge is 0.329 e. The predicted molar refractivity (Wildman–Crippen MR) is 154 cm³/mol. The van der Waals surface area contributed by atoms with Crippen LogP contribution in [0.15, 0.2) is 66.7 Å². The number of hydrogen-bond acceptors (Lipinski definition) is 5. The molecule has 0 unspecified atom stereocenters.